The molecule has 0 saturated carbocycles. The monoisotopic (exact) mass is 414 g/mol. The summed E-state index contributed by atoms with van der Waals surface area (Å²) >= 11 is 0. The highest BCUT2D eigenvalue weighted by Gasteiger charge is 2.32. The SMILES string of the molecule is Cc1noc(C)c1CCC(=O)N1CCC(c2nc(N(C)C)ncc2C(=O)N(C)C)C1. The zero-order valence-corrected chi connectivity index (χ0v) is 18.6. The molecule has 2 aromatic heterocycles. The second kappa shape index (κ2) is 8.81. The van der Waals surface area contributed by atoms with Crippen molar-refractivity contribution in [2.24, 2.45) is 0 Å². The number of anilines is 1. The van der Waals surface area contributed by atoms with Crippen molar-refractivity contribution in [3.8, 4) is 0 Å². The third kappa shape index (κ3) is 4.44. The zero-order chi connectivity index (χ0) is 22.0. The largest absolute Gasteiger partial charge is 0.361 e. The summed E-state index contributed by atoms with van der Waals surface area (Å²) in [5.74, 6) is 1.30. The molecule has 0 bridgehead atoms. The van der Waals surface area contributed by atoms with Gasteiger partial charge in [0, 0.05) is 65.4 Å². The number of carbonyl (C=O) groups excluding carboxylic acids is 2. The molecule has 9 heteroatoms. The molecule has 3 rings (SSSR count). The zero-order valence-electron chi connectivity index (χ0n) is 18.6. The van der Waals surface area contributed by atoms with Crippen LogP contribution in [0, 0.1) is 13.8 Å². The van der Waals surface area contributed by atoms with Gasteiger partial charge in [-0.25, -0.2) is 9.97 Å². The molecule has 3 heterocycles. The Labute approximate surface area is 177 Å². The molecule has 1 saturated heterocycles. The van der Waals surface area contributed by atoms with Crippen LogP contribution in [0.25, 0.3) is 0 Å². The van der Waals surface area contributed by atoms with E-state index in [4.69, 9.17) is 4.52 Å². The number of rotatable bonds is 6. The lowest BCUT2D eigenvalue weighted by molar-refractivity contribution is -0.130. The number of aromatic nitrogens is 3. The van der Waals surface area contributed by atoms with E-state index in [0.29, 0.717) is 43.1 Å². The molecule has 2 amide bonds. The number of nitrogens with zero attached hydrogens (tertiary/aromatic N) is 6. The van der Waals surface area contributed by atoms with Crippen LogP contribution in [0.3, 0.4) is 0 Å². The van der Waals surface area contributed by atoms with Crippen molar-refractivity contribution in [2.75, 3.05) is 46.2 Å². The Kier molecular flexibility index (Phi) is 6.38. The van der Waals surface area contributed by atoms with Gasteiger partial charge in [-0.3, -0.25) is 9.59 Å². The highest BCUT2D eigenvalue weighted by molar-refractivity contribution is 5.95. The van der Waals surface area contributed by atoms with E-state index in [1.54, 1.807) is 20.3 Å². The predicted octanol–water partition coefficient (Wildman–Crippen LogP) is 1.80. The van der Waals surface area contributed by atoms with Crippen LogP contribution in [0.4, 0.5) is 5.95 Å². The molecule has 0 N–H and O–H groups in total. The van der Waals surface area contributed by atoms with Gasteiger partial charge in [0.2, 0.25) is 11.9 Å². The molecule has 1 unspecified atom stereocenters. The van der Waals surface area contributed by atoms with Crippen LogP contribution in [0.15, 0.2) is 10.7 Å². The van der Waals surface area contributed by atoms with E-state index in [-0.39, 0.29) is 17.7 Å². The van der Waals surface area contributed by atoms with Crippen LogP contribution in [0.5, 0.6) is 0 Å². The summed E-state index contributed by atoms with van der Waals surface area (Å²) < 4.78 is 5.18. The molecule has 1 fully saturated rings. The summed E-state index contributed by atoms with van der Waals surface area (Å²) in [5, 5.41) is 3.95. The van der Waals surface area contributed by atoms with Crippen LogP contribution in [0.1, 0.15) is 51.8 Å². The molecule has 30 heavy (non-hydrogen) atoms. The van der Waals surface area contributed by atoms with Gasteiger partial charge in [-0.05, 0) is 26.7 Å². The molecule has 1 aliphatic rings. The Morgan fingerprint density at radius 1 is 1.23 bits per heavy atom. The molecule has 0 radical (unpaired) electrons. The first kappa shape index (κ1) is 21.7. The number of carbonyl (C=O) groups is 2. The van der Waals surface area contributed by atoms with Crippen LogP contribution >= 0.6 is 0 Å². The smallest absolute Gasteiger partial charge is 0.256 e. The van der Waals surface area contributed by atoms with Crippen molar-refractivity contribution in [2.45, 2.75) is 39.0 Å². The first-order chi connectivity index (χ1) is 14.2. The van der Waals surface area contributed by atoms with Crippen molar-refractivity contribution < 1.29 is 14.1 Å². The summed E-state index contributed by atoms with van der Waals surface area (Å²) in [7, 11) is 7.16. The van der Waals surface area contributed by atoms with Gasteiger partial charge in [0.15, 0.2) is 0 Å². The maximum atomic E-state index is 12.8. The van der Waals surface area contributed by atoms with Gasteiger partial charge in [0.05, 0.1) is 17.0 Å². The van der Waals surface area contributed by atoms with Gasteiger partial charge in [-0.1, -0.05) is 5.16 Å². The number of aryl methyl sites for hydroxylation is 2. The molecular formula is C21H30N6O3. The number of hydrogen-bond acceptors (Lipinski definition) is 7. The van der Waals surface area contributed by atoms with Gasteiger partial charge < -0.3 is 19.2 Å². The van der Waals surface area contributed by atoms with E-state index in [1.807, 2.05) is 37.7 Å². The second-order valence-corrected chi connectivity index (χ2v) is 8.19. The highest BCUT2D eigenvalue weighted by Crippen LogP contribution is 2.30. The normalized spacial score (nSPS) is 16.1. The van der Waals surface area contributed by atoms with Crippen molar-refractivity contribution >= 4 is 17.8 Å². The maximum Gasteiger partial charge on any atom is 0.256 e. The van der Waals surface area contributed by atoms with E-state index in [2.05, 4.69) is 15.1 Å². The minimum Gasteiger partial charge on any atom is -0.361 e. The van der Waals surface area contributed by atoms with Crippen molar-refractivity contribution in [1.29, 1.82) is 0 Å². The third-order valence-electron chi connectivity index (χ3n) is 5.54. The van der Waals surface area contributed by atoms with E-state index < -0.39 is 0 Å². The topological polar surface area (TPSA) is 95.7 Å². The lowest BCUT2D eigenvalue weighted by Gasteiger charge is -2.20. The summed E-state index contributed by atoms with van der Waals surface area (Å²) in [6.45, 7) is 4.97. The Balaban J connectivity index is 1.74. The Morgan fingerprint density at radius 2 is 1.97 bits per heavy atom. The highest BCUT2D eigenvalue weighted by atomic mass is 16.5. The van der Waals surface area contributed by atoms with Crippen molar-refractivity contribution in [1.82, 2.24) is 24.9 Å². The minimum atomic E-state index is -0.126. The van der Waals surface area contributed by atoms with Gasteiger partial charge in [0.25, 0.3) is 5.91 Å². The predicted molar refractivity (Wildman–Crippen MR) is 113 cm³/mol. The minimum absolute atomic E-state index is 0.00798. The summed E-state index contributed by atoms with van der Waals surface area (Å²) in [4.78, 5) is 39.6. The first-order valence-electron chi connectivity index (χ1n) is 10.1. The molecule has 9 nitrogen and oxygen atoms in total. The van der Waals surface area contributed by atoms with Crippen molar-refractivity contribution in [3.05, 3.63) is 34.5 Å². The molecule has 162 valence electrons. The molecular weight excluding hydrogens is 384 g/mol. The maximum absolute atomic E-state index is 12.8. The molecule has 1 aliphatic heterocycles. The number of hydrogen-bond donors (Lipinski definition) is 0. The van der Waals surface area contributed by atoms with Crippen LogP contribution in [-0.4, -0.2) is 78.0 Å². The number of amides is 2. The molecule has 0 spiro atoms. The average Bonchev–Trinajstić information content (AvgIpc) is 3.32. The average molecular weight is 415 g/mol. The Morgan fingerprint density at radius 3 is 2.57 bits per heavy atom. The first-order valence-corrected chi connectivity index (χ1v) is 10.1. The molecule has 0 aliphatic carbocycles. The van der Waals surface area contributed by atoms with E-state index in [0.717, 1.165) is 23.4 Å². The lowest BCUT2D eigenvalue weighted by atomic mass is 9.99. The fraction of sp³-hybridized carbons (Fsp3) is 0.571. The summed E-state index contributed by atoms with van der Waals surface area (Å²) in [5.41, 5.74) is 3.06. The van der Waals surface area contributed by atoms with Crippen LogP contribution in [-0.2, 0) is 11.2 Å². The van der Waals surface area contributed by atoms with Crippen LogP contribution < -0.4 is 4.90 Å². The van der Waals surface area contributed by atoms with Gasteiger partial charge >= 0.3 is 0 Å². The molecule has 0 aromatic carbocycles. The van der Waals surface area contributed by atoms with E-state index in [1.165, 1.54) is 4.90 Å². The van der Waals surface area contributed by atoms with E-state index in [9.17, 15) is 9.59 Å². The quantitative estimate of drug-likeness (QED) is 0.711. The van der Waals surface area contributed by atoms with Gasteiger partial charge in [0.1, 0.15) is 5.76 Å². The number of likely N-dealkylation sites (tertiary alicyclic amines) is 1. The Hall–Kier alpha value is -2.97. The Bertz CT molecular complexity index is 917. The third-order valence-corrected chi connectivity index (χ3v) is 5.54. The molecule has 2 aromatic rings. The fourth-order valence-corrected chi connectivity index (χ4v) is 3.78. The lowest BCUT2D eigenvalue weighted by Crippen LogP contribution is -2.30. The fourth-order valence-electron chi connectivity index (χ4n) is 3.78. The van der Waals surface area contributed by atoms with Gasteiger partial charge in [-0.15, -0.1) is 0 Å². The molecule has 1 atom stereocenters. The summed E-state index contributed by atoms with van der Waals surface area (Å²) in [6.07, 6.45) is 3.40. The standard InChI is InChI=1S/C21H30N6O3/c1-13-16(14(2)30-24-13)7-8-18(28)27-10-9-15(12-27)19-17(20(29)25(3)4)11-22-21(23-19)26(5)6/h11,15H,7-10,12H2,1-6H3. The van der Waals surface area contributed by atoms with Crippen LogP contribution in [0.2, 0.25) is 0 Å². The van der Waals surface area contributed by atoms with Crippen molar-refractivity contribution in [3.63, 3.8) is 0 Å². The summed E-state index contributed by atoms with van der Waals surface area (Å²) in [6, 6.07) is 0. The second-order valence-electron chi connectivity index (χ2n) is 8.19. The van der Waals surface area contributed by atoms with Gasteiger partial charge in [-0.2, -0.15) is 0 Å². The van der Waals surface area contributed by atoms with E-state index >= 15 is 0 Å².